The average molecular weight is 335 g/mol. The van der Waals surface area contributed by atoms with E-state index in [1.807, 2.05) is 0 Å². The highest BCUT2D eigenvalue weighted by atomic mass is 35.5. The number of carbonyl (C=O) groups is 4. The third kappa shape index (κ3) is 1.36. The molecule has 6 nitrogen and oxygen atoms in total. The smallest absolute Gasteiger partial charge is 0.267 e. The van der Waals surface area contributed by atoms with Crippen molar-refractivity contribution in [3.8, 4) is 0 Å². The van der Waals surface area contributed by atoms with E-state index in [-0.39, 0.29) is 33.0 Å². The Kier molecular flexibility index (Phi) is 2.44. The van der Waals surface area contributed by atoms with Gasteiger partial charge >= 0.3 is 0 Å². The van der Waals surface area contributed by atoms with Crippen molar-refractivity contribution in [2.45, 2.75) is 0 Å². The van der Waals surface area contributed by atoms with Crippen LogP contribution in [-0.4, -0.2) is 32.5 Å². The fourth-order valence-corrected chi connectivity index (χ4v) is 3.18. The first-order chi connectivity index (χ1) is 10.4. The Bertz CT molecular complexity index is 806. The zero-order valence-corrected chi connectivity index (χ0v) is 12.1. The number of hydrogen-bond donors (Lipinski definition) is 0. The van der Waals surface area contributed by atoms with Crippen LogP contribution in [0.25, 0.3) is 10.8 Å². The number of nitrogens with zero attached hydrogens (tertiary/aromatic N) is 2. The number of amides is 4. The molecule has 8 heteroatoms. The van der Waals surface area contributed by atoms with Crippen molar-refractivity contribution in [1.29, 1.82) is 0 Å². The maximum Gasteiger partial charge on any atom is 0.276 e. The Balaban J connectivity index is 2.24. The van der Waals surface area contributed by atoms with Crippen LogP contribution in [0.1, 0.15) is 41.4 Å². The fourth-order valence-electron chi connectivity index (χ4n) is 2.82. The summed E-state index contributed by atoms with van der Waals surface area (Å²) < 4.78 is 0.972. The molecule has 4 rings (SSSR count). The first-order valence-corrected chi connectivity index (χ1v) is 6.80. The highest BCUT2D eigenvalue weighted by Gasteiger charge is 2.38. The molecule has 2 aromatic rings. The van der Waals surface area contributed by atoms with E-state index in [2.05, 4.69) is 0 Å². The number of rotatable bonds is 0. The summed E-state index contributed by atoms with van der Waals surface area (Å²) in [5.74, 6) is -2.79. The molecule has 0 aliphatic carbocycles. The molecule has 0 saturated carbocycles. The quantitative estimate of drug-likeness (QED) is 0.547. The van der Waals surface area contributed by atoms with Gasteiger partial charge in [-0.1, -0.05) is 0 Å². The van der Waals surface area contributed by atoms with Crippen molar-refractivity contribution in [1.82, 2.24) is 8.84 Å². The van der Waals surface area contributed by atoms with E-state index in [0.717, 1.165) is 0 Å². The van der Waals surface area contributed by atoms with Gasteiger partial charge in [0.2, 0.25) is 0 Å². The molecule has 0 fully saturated rings. The fraction of sp³-hybridized carbons (Fsp3) is 0. The van der Waals surface area contributed by atoms with Gasteiger partial charge in [-0.25, -0.2) is 0 Å². The summed E-state index contributed by atoms with van der Waals surface area (Å²) >= 11 is 11.4. The monoisotopic (exact) mass is 334 g/mol. The lowest BCUT2D eigenvalue weighted by Crippen LogP contribution is -2.36. The molecule has 108 valence electrons. The van der Waals surface area contributed by atoms with Crippen LogP contribution in [0.5, 0.6) is 0 Å². The molecule has 0 saturated heterocycles. The second-order valence-electron chi connectivity index (χ2n) is 4.85. The zero-order chi connectivity index (χ0) is 15.8. The van der Waals surface area contributed by atoms with E-state index in [1.165, 1.54) is 24.3 Å². The molecule has 0 radical (unpaired) electrons. The van der Waals surface area contributed by atoms with Gasteiger partial charge in [-0.15, -0.1) is 0 Å². The first-order valence-electron chi connectivity index (χ1n) is 6.12. The molecular weight excluding hydrogens is 331 g/mol. The van der Waals surface area contributed by atoms with Crippen molar-refractivity contribution in [2.24, 2.45) is 0 Å². The summed E-state index contributed by atoms with van der Waals surface area (Å²) in [7, 11) is 0. The van der Waals surface area contributed by atoms with Gasteiger partial charge < -0.3 is 0 Å². The van der Waals surface area contributed by atoms with Gasteiger partial charge in [0, 0.05) is 56.6 Å². The van der Waals surface area contributed by atoms with Crippen LogP contribution in [0.2, 0.25) is 0 Å². The summed E-state index contributed by atoms with van der Waals surface area (Å²) in [4.78, 5) is 48.5. The largest absolute Gasteiger partial charge is 0.276 e. The molecule has 2 aliphatic heterocycles. The lowest BCUT2D eigenvalue weighted by Gasteiger charge is -2.26. The lowest BCUT2D eigenvalue weighted by molar-refractivity contribution is 0.0706. The van der Waals surface area contributed by atoms with Crippen molar-refractivity contribution in [2.75, 3.05) is 0 Å². The van der Waals surface area contributed by atoms with Gasteiger partial charge in [0.1, 0.15) is 0 Å². The normalized spacial score (nSPS) is 16.8. The summed E-state index contributed by atoms with van der Waals surface area (Å²) in [6.45, 7) is 0. The first kappa shape index (κ1) is 13.2. The summed E-state index contributed by atoms with van der Waals surface area (Å²) in [5.41, 5.74) is 0.644. The number of halogens is 2. The SMILES string of the molecule is O=C1c2ccc3c4c(ccc(c24)C(=O)N1Cl)C(=O)N(Cl)C3=O. The number of hydrogen-bond acceptors (Lipinski definition) is 4. The summed E-state index contributed by atoms with van der Waals surface area (Å²) in [6, 6.07) is 5.59. The van der Waals surface area contributed by atoms with E-state index < -0.39 is 23.6 Å². The van der Waals surface area contributed by atoms with Gasteiger partial charge in [0.05, 0.1) is 0 Å². The maximum atomic E-state index is 12.1. The van der Waals surface area contributed by atoms with Crippen LogP contribution < -0.4 is 0 Å². The standard InChI is InChI=1S/C14H4Cl2N2O4/c15-17-11(19)5-1-2-6-10-8(14(22)18(16)12(6)20)4-3-7(9(5)10)13(17)21/h1-4H. The topological polar surface area (TPSA) is 74.8 Å². The van der Waals surface area contributed by atoms with Crippen LogP contribution in [0, 0.1) is 0 Å². The molecule has 0 unspecified atom stereocenters. The minimum absolute atomic E-state index is 0.161. The summed E-state index contributed by atoms with van der Waals surface area (Å²) in [6.07, 6.45) is 0. The van der Waals surface area contributed by atoms with Gasteiger partial charge in [-0.2, -0.15) is 8.84 Å². The van der Waals surface area contributed by atoms with Gasteiger partial charge in [-0.3, -0.25) is 19.2 Å². The molecule has 0 atom stereocenters. The van der Waals surface area contributed by atoms with E-state index in [4.69, 9.17) is 23.6 Å². The summed E-state index contributed by atoms with van der Waals surface area (Å²) in [5, 5.41) is 0.515. The van der Waals surface area contributed by atoms with Crippen LogP contribution in [-0.2, 0) is 0 Å². The Morgan fingerprint density at radius 1 is 0.545 bits per heavy atom. The van der Waals surface area contributed by atoms with Crippen molar-refractivity contribution >= 4 is 58.0 Å². The van der Waals surface area contributed by atoms with E-state index >= 15 is 0 Å². The van der Waals surface area contributed by atoms with Crippen molar-refractivity contribution < 1.29 is 19.2 Å². The number of carbonyl (C=O) groups excluding carboxylic acids is 4. The second-order valence-corrected chi connectivity index (χ2v) is 5.53. The number of benzene rings is 2. The van der Waals surface area contributed by atoms with Gasteiger partial charge in [-0.05, 0) is 24.3 Å². The van der Waals surface area contributed by atoms with Crippen LogP contribution in [0.4, 0.5) is 0 Å². The molecule has 4 amide bonds. The van der Waals surface area contributed by atoms with Crippen LogP contribution in [0.15, 0.2) is 24.3 Å². The Morgan fingerprint density at radius 2 is 0.773 bits per heavy atom. The minimum atomic E-state index is -0.698. The molecule has 0 spiro atoms. The molecule has 0 aromatic heterocycles. The van der Waals surface area contributed by atoms with Gasteiger partial charge in [0.15, 0.2) is 0 Å². The van der Waals surface area contributed by atoms with Crippen molar-refractivity contribution in [3.05, 3.63) is 46.5 Å². The van der Waals surface area contributed by atoms with E-state index in [9.17, 15) is 19.2 Å². The molecule has 0 bridgehead atoms. The van der Waals surface area contributed by atoms with Crippen molar-refractivity contribution in [3.63, 3.8) is 0 Å². The third-order valence-corrected chi connectivity index (χ3v) is 4.41. The molecule has 0 N–H and O–H groups in total. The van der Waals surface area contributed by atoms with Crippen LogP contribution in [0.3, 0.4) is 0 Å². The molecule has 2 aromatic carbocycles. The molecule has 2 aliphatic rings. The third-order valence-electron chi connectivity index (χ3n) is 3.80. The Hall–Kier alpha value is -2.44. The average Bonchev–Trinajstić information content (AvgIpc) is 2.53. The predicted molar refractivity (Wildman–Crippen MR) is 76.7 cm³/mol. The highest BCUT2D eigenvalue weighted by Crippen LogP contribution is 2.38. The molecule has 2 heterocycles. The number of imide groups is 2. The van der Waals surface area contributed by atoms with Crippen LogP contribution >= 0.6 is 23.6 Å². The Labute approximate surface area is 133 Å². The maximum absolute atomic E-state index is 12.1. The molecular formula is C14H4Cl2N2O4. The Morgan fingerprint density at radius 3 is 1.00 bits per heavy atom. The second kappa shape index (κ2) is 4.06. The zero-order valence-electron chi connectivity index (χ0n) is 10.6. The predicted octanol–water partition coefficient (Wildman–Crippen LogP) is 2.34. The highest BCUT2D eigenvalue weighted by molar-refractivity contribution is 6.44. The van der Waals surface area contributed by atoms with E-state index in [1.54, 1.807) is 0 Å². The van der Waals surface area contributed by atoms with E-state index in [0.29, 0.717) is 8.84 Å². The molecule has 22 heavy (non-hydrogen) atoms. The minimum Gasteiger partial charge on any atom is -0.267 e. The lowest BCUT2D eigenvalue weighted by atomic mass is 9.87. The van der Waals surface area contributed by atoms with Gasteiger partial charge in [0.25, 0.3) is 23.6 Å².